The summed E-state index contributed by atoms with van der Waals surface area (Å²) in [5, 5.41) is 0. The normalized spacial score (nSPS) is 10.6. The van der Waals surface area contributed by atoms with Crippen LogP contribution in [0.1, 0.15) is 11.3 Å². The van der Waals surface area contributed by atoms with E-state index in [0.29, 0.717) is 19.8 Å². The molecule has 22 heavy (non-hydrogen) atoms. The number of methoxy groups -OCH3 is 1. The molecule has 0 saturated carbocycles. The molecule has 2 rings (SSSR count). The molecule has 0 saturated heterocycles. The van der Waals surface area contributed by atoms with Crippen LogP contribution in [0.15, 0.2) is 47.1 Å². The third kappa shape index (κ3) is 4.72. The number of carbonyl (C=O) groups excluding carboxylic acids is 1. The van der Waals surface area contributed by atoms with E-state index in [4.69, 9.17) is 13.9 Å². The van der Waals surface area contributed by atoms with Gasteiger partial charge in [-0.1, -0.05) is 17.7 Å². The Morgan fingerprint density at radius 3 is 2.59 bits per heavy atom. The first-order chi connectivity index (χ1) is 10.7. The van der Waals surface area contributed by atoms with Crippen molar-refractivity contribution in [3.63, 3.8) is 0 Å². The van der Waals surface area contributed by atoms with Gasteiger partial charge in [-0.25, -0.2) is 0 Å². The van der Waals surface area contributed by atoms with E-state index in [1.807, 2.05) is 43.3 Å². The molecule has 0 radical (unpaired) electrons. The Hall–Kier alpha value is -2.11. The highest BCUT2D eigenvalue weighted by Crippen LogP contribution is 2.18. The van der Waals surface area contributed by atoms with Crippen molar-refractivity contribution in [3.8, 4) is 0 Å². The molecule has 118 valence electrons. The van der Waals surface area contributed by atoms with Gasteiger partial charge in [0.2, 0.25) is 0 Å². The molecular weight excluding hydrogens is 282 g/mol. The van der Waals surface area contributed by atoms with Gasteiger partial charge in [-0.05, 0) is 31.2 Å². The lowest BCUT2D eigenvalue weighted by atomic mass is 10.2. The van der Waals surface area contributed by atoms with E-state index in [1.54, 1.807) is 18.3 Å². The van der Waals surface area contributed by atoms with Gasteiger partial charge in [0, 0.05) is 12.8 Å². The molecule has 0 aliphatic rings. The molecule has 1 aromatic heterocycles. The predicted molar refractivity (Wildman–Crippen MR) is 83.8 cm³/mol. The monoisotopic (exact) mass is 303 g/mol. The van der Waals surface area contributed by atoms with Crippen LogP contribution in [0.25, 0.3) is 0 Å². The molecule has 1 amide bonds. The smallest absolute Gasteiger partial charge is 0.253 e. The Labute approximate surface area is 130 Å². The van der Waals surface area contributed by atoms with Gasteiger partial charge in [0.1, 0.15) is 12.4 Å². The van der Waals surface area contributed by atoms with Gasteiger partial charge >= 0.3 is 0 Å². The zero-order chi connectivity index (χ0) is 15.8. The quantitative estimate of drug-likeness (QED) is 0.704. The lowest BCUT2D eigenvalue weighted by molar-refractivity contribution is -0.123. The van der Waals surface area contributed by atoms with E-state index >= 15 is 0 Å². The first-order valence-electron chi connectivity index (χ1n) is 7.17. The number of hydrogen-bond donors (Lipinski definition) is 0. The third-order valence-electron chi connectivity index (χ3n) is 3.20. The largest absolute Gasteiger partial charge is 0.467 e. The highest BCUT2D eigenvalue weighted by molar-refractivity contribution is 5.94. The molecule has 0 unspecified atom stereocenters. The summed E-state index contributed by atoms with van der Waals surface area (Å²) in [7, 11) is 1.60. The molecule has 5 nitrogen and oxygen atoms in total. The highest BCUT2D eigenvalue weighted by atomic mass is 16.5. The Balaban J connectivity index is 2.07. The van der Waals surface area contributed by atoms with E-state index in [9.17, 15) is 4.79 Å². The van der Waals surface area contributed by atoms with Crippen molar-refractivity contribution in [2.45, 2.75) is 13.5 Å². The number of carbonyl (C=O) groups is 1. The van der Waals surface area contributed by atoms with Crippen LogP contribution in [-0.4, -0.2) is 32.8 Å². The number of hydrogen-bond acceptors (Lipinski definition) is 4. The van der Waals surface area contributed by atoms with Crippen LogP contribution in [-0.2, 0) is 20.8 Å². The number of nitrogens with zero attached hydrogens (tertiary/aromatic N) is 1. The number of furan rings is 1. The van der Waals surface area contributed by atoms with Gasteiger partial charge in [-0.15, -0.1) is 0 Å². The van der Waals surface area contributed by atoms with Crippen molar-refractivity contribution >= 4 is 11.6 Å². The van der Waals surface area contributed by atoms with Gasteiger partial charge in [0.25, 0.3) is 5.91 Å². The van der Waals surface area contributed by atoms with Crippen LogP contribution in [0.3, 0.4) is 0 Å². The minimum atomic E-state index is -0.114. The highest BCUT2D eigenvalue weighted by Gasteiger charge is 2.17. The Kier molecular flexibility index (Phi) is 6.18. The summed E-state index contributed by atoms with van der Waals surface area (Å²) in [6, 6.07) is 11.5. The fourth-order valence-corrected chi connectivity index (χ4v) is 1.99. The second kappa shape index (κ2) is 8.36. The number of anilines is 1. The standard InChI is InChI=1S/C17H21NO4/c1-14-5-7-15(8-6-14)18(12-16-4-3-9-22-16)17(19)13-21-11-10-20-2/h3-9H,10-13H2,1-2H3. The number of ether oxygens (including phenoxy) is 2. The average Bonchev–Trinajstić information content (AvgIpc) is 3.03. The minimum Gasteiger partial charge on any atom is -0.467 e. The topological polar surface area (TPSA) is 51.9 Å². The second-order valence-electron chi connectivity index (χ2n) is 4.94. The van der Waals surface area contributed by atoms with E-state index in [-0.39, 0.29) is 12.5 Å². The molecule has 0 atom stereocenters. The first-order valence-corrected chi connectivity index (χ1v) is 7.17. The van der Waals surface area contributed by atoms with Crippen LogP contribution < -0.4 is 4.90 Å². The summed E-state index contributed by atoms with van der Waals surface area (Å²) in [6.07, 6.45) is 1.60. The van der Waals surface area contributed by atoms with Gasteiger partial charge < -0.3 is 18.8 Å². The lowest BCUT2D eigenvalue weighted by Gasteiger charge is -2.22. The van der Waals surface area contributed by atoms with Crippen LogP contribution in [0, 0.1) is 6.92 Å². The van der Waals surface area contributed by atoms with E-state index in [1.165, 1.54) is 0 Å². The van der Waals surface area contributed by atoms with Crippen LogP contribution in [0.2, 0.25) is 0 Å². The average molecular weight is 303 g/mol. The molecule has 0 N–H and O–H groups in total. The minimum absolute atomic E-state index is 0.0119. The third-order valence-corrected chi connectivity index (χ3v) is 3.20. The van der Waals surface area contributed by atoms with Gasteiger partial charge in [0.15, 0.2) is 0 Å². The van der Waals surface area contributed by atoms with E-state index in [2.05, 4.69) is 0 Å². The SMILES string of the molecule is COCCOCC(=O)N(Cc1ccco1)c1ccc(C)cc1. The Morgan fingerprint density at radius 2 is 1.95 bits per heavy atom. The van der Waals surface area contributed by atoms with Crippen LogP contribution in [0.5, 0.6) is 0 Å². The molecule has 5 heteroatoms. The molecule has 0 aliphatic carbocycles. The predicted octanol–water partition coefficient (Wildman–Crippen LogP) is 2.78. The zero-order valence-corrected chi connectivity index (χ0v) is 13.0. The maximum atomic E-state index is 12.4. The van der Waals surface area contributed by atoms with Crippen molar-refractivity contribution in [1.29, 1.82) is 0 Å². The number of benzene rings is 1. The summed E-state index contributed by atoms with van der Waals surface area (Å²) < 4.78 is 15.6. The number of aryl methyl sites for hydroxylation is 1. The summed E-state index contributed by atoms with van der Waals surface area (Å²) in [4.78, 5) is 14.1. The molecule has 0 bridgehead atoms. The van der Waals surface area contributed by atoms with Gasteiger partial charge in [-0.3, -0.25) is 4.79 Å². The molecule has 0 aliphatic heterocycles. The Morgan fingerprint density at radius 1 is 1.18 bits per heavy atom. The fraction of sp³-hybridized carbons (Fsp3) is 0.353. The molecular formula is C17H21NO4. The molecule has 1 heterocycles. The molecule has 1 aromatic carbocycles. The summed E-state index contributed by atoms with van der Waals surface area (Å²) in [5.74, 6) is 0.613. The van der Waals surface area contributed by atoms with Crippen molar-refractivity contribution in [2.75, 3.05) is 31.8 Å². The zero-order valence-electron chi connectivity index (χ0n) is 13.0. The van der Waals surface area contributed by atoms with Crippen LogP contribution in [0.4, 0.5) is 5.69 Å². The van der Waals surface area contributed by atoms with Crippen molar-refractivity contribution in [2.24, 2.45) is 0 Å². The summed E-state index contributed by atoms with van der Waals surface area (Å²) >= 11 is 0. The maximum absolute atomic E-state index is 12.4. The molecule has 2 aromatic rings. The summed E-state index contributed by atoms with van der Waals surface area (Å²) in [5.41, 5.74) is 1.97. The first kappa shape index (κ1) is 16.3. The summed E-state index contributed by atoms with van der Waals surface area (Å²) in [6.45, 7) is 3.26. The van der Waals surface area contributed by atoms with Crippen molar-refractivity contribution in [1.82, 2.24) is 0 Å². The molecule has 0 spiro atoms. The van der Waals surface area contributed by atoms with Gasteiger partial charge in [-0.2, -0.15) is 0 Å². The van der Waals surface area contributed by atoms with Crippen molar-refractivity contribution in [3.05, 3.63) is 54.0 Å². The van der Waals surface area contributed by atoms with Gasteiger partial charge in [0.05, 0.1) is 26.0 Å². The lowest BCUT2D eigenvalue weighted by Crippen LogP contribution is -2.33. The van der Waals surface area contributed by atoms with Crippen molar-refractivity contribution < 1.29 is 18.7 Å². The number of rotatable bonds is 8. The number of amides is 1. The van der Waals surface area contributed by atoms with E-state index < -0.39 is 0 Å². The molecule has 0 fully saturated rings. The maximum Gasteiger partial charge on any atom is 0.253 e. The van der Waals surface area contributed by atoms with E-state index in [0.717, 1.165) is 17.0 Å². The second-order valence-corrected chi connectivity index (χ2v) is 4.94. The van der Waals surface area contributed by atoms with Crippen LogP contribution >= 0.6 is 0 Å². The fourth-order valence-electron chi connectivity index (χ4n) is 1.99. The Bertz CT molecular complexity index is 563.